The molecular weight excluding hydrogens is 675 g/mol. The van der Waals surface area contributed by atoms with Gasteiger partial charge in [0.25, 0.3) is 5.91 Å². The summed E-state index contributed by atoms with van der Waals surface area (Å²) in [5.74, 6) is -13.1. The molecule has 12 nitrogen and oxygen atoms in total. The monoisotopic (exact) mass is 706 g/mol. The molecule has 1 aliphatic rings. The van der Waals surface area contributed by atoms with Crippen molar-refractivity contribution in [3.05, 3.63) is 64.7 Å². The molecule has 48 heavy (non-hydrogen) atoms. The molecule has 0 aliphatic heterocycles. The van der Waals surface area contributed by atoms with Crippen LogP contribution in [0.4, 0.5) is 22.0 Å². The molecule has 2 aromatic rings. The van der Waals surface area contributed by atoms with E-state index in [1.54, 1.807) is 24.3 Å². The summed E-state index contributed by atoms with van der Waals surface area (Å²) in [7, 11) is 1.33. The number of halogens is 6. The van der Waals surface area contributed by atoms with Crippen molar-refractivity contribution in [2.75, 3.05) is 20.3 Å². The van der Waals surface area contributed by atoms with E-state index >= 15 is 0 Å². The van der Waals surface area contributed by atoms with Crippen LogP contribution in [0.5, 0.6) is 5.75 Å². The topological polar surface area (TPSA) is 183 Å². The number of amides is 4. The normalized spacial score (nSPS) is 16.4. The number of carbonyl (C=O) groups is 5. The molecule has 0 aromatic heterocycles. The van der Waals surface area contributed by atoms with E-state index < -0.39 is 84.3 Å². The molecule has 3 rings (SSSR count). The fraction of sp³-hybridized carbons (Fsp3) is 0.433. The maximum atomic E-state index is 14.6. The first-order valence-electron chi connectivity index (χ1n) is 14.2. The van der Waals surface area contributed by atoms with Gasteiger partial charge in [0, 0.05) is 5.02 Å². The van der Waals surface area contributed by atoms with Gasteiger partial charge in [-0.3, -0.25) is 24.0 Å². The van der Waals surface area contributed by atoms with E-state index in [1.165, 1.54) is 31.4 Å². The standard InChI is InChI=1S/C30H32ClF5N4O8/c1-15(42)21(23(43)30(35,36)27(47)37-14-29(32,33)34)39-25(45)22(16-6-8-19(48-2)9-7-16)40-24(44)20(13-41)38-26(46)28(10-11-28)17-4-3-5-18(31)12-17/h3-9,12,15,20-22,41-42H,10-11,13-14H2,1-2H3,(H,37,47)(H,38,46)(H,39,45)(H,40,44)/t15-,20+,21+,22+/m1/s1. The Morgan fingerprint density at radius 2 is 1.58 bits per heavy atom. The second-order valence-electron chi connectivity index (χ2n) is 11.0. The summed E-state index contributed by atoms with van der Waals surface area (Å²) in [4.78, 5) is 64.4. The molecule has 0 unspecified atom stereocenters. The number of alkyl halides is 5. The number of carbonyl (C=O) groups excluding carboxylic acids is 5. The second kappa shape index (κ2) is 15.3. The van der Waals surface area contributed by atoms with E-state index in [2.05, 4.69) is 10.6 Å². The van der Waals surface area contributed by atoms with Gasteiger partial charge in [-0.2, -0.15) is 22.0 Å². The van der Waals surface area contributed by atoms with Crippen molar-refractivity contribution in [2.45, 2.75) is 61.5 Å². The Hall–Kier alpha value is -4.35. The molecular formula is C30H32ClF5N4O8. The van der Waals surface area contributed by atoms with E-state index in [0.717, 1.165) is 12.2 Å². The van der Waals surface area contributed by atoms with Crippen molar-refractivity contribution >= 4 is 41.0 Å². The zero-order valence-corrected chi connectivity index (χ0v) is 26.1. The molecule has 1 fully saturated rings. The zero-order valence-electron chi connectivity index (χ0n) is 25.4. The molecule has 4 atom stereocenters. The Labute approximate surface area is 275 Å². The average molecular weight is 707 g/mol. The van der Waals surface area contributed by atoms with E-state index in [0.29, 0.717) is 29.2 Å². The lowest BCUT2D eigenvalue weighted by atomic mass is 9.94. The fourth-order valence-electron chi connectivity index (χ4n) is 4.63. The van der Waals surface area contributed by atoms with Gasteiger partial charge in [-0.25, -0.2) is 0 Å². The molecule has 262 valence electrons. The molecule has 0 saturated heterocycles. The van der Waals surface area contributed by atoms with Gasteiger partial charge < -0.3 is 36.2 Å². The number of aliphatic hydroxyl groups excluding tert-OH is 2. The number of benzene rings is 2. The number of hydrogen-bond acceptors (Lipinski definition) is 8. The first-order valence-corrected chi connectivity index (χ1v) is 14.6. The van der Waals surface area contributed by atoms with E-state index in [9.17, 15) is 56.1 Å². The Bertz CT molecular complexity index is 1520. The van der Waals surface area contributed by atoms with Gasteiger partial charge >= 0.3 is 12.1 Å². The predicted octanol–water partition coefficient (Wildman–Crippen LogP) is 1.46. The van der Waals surface area contributed by atoms with Gasteiger partial charge in [-0.1, -0.05) is 35.9 Å². The van der Waals surface area contributed by atoms with Crippen LogP contribution in [0.3, 0.4) is 0 Å². The number of ketones is 1. The van der Waals surface area contributed by atoms with Crippen LogP contribution < -0.4 is 26.0 Å². The van der Waals surface area contributed by atoms with E-state index in [-0.39, 0.29) is 5.56 Å². The summed E-state index contributed by atoms with van der Waals surface area (Å²) in [5.41, 5.74) is -0.500. The number of ether oxygens (including phenoxy) is 1. The Balaban J connectivity index is 1.85. The van der Waals surface area contributed by atoms with Crippen molar-refractivity contribution in [1.29, 1.82) is 0 Å². The van der Waals surface area contributed by atoms with Gasteiger partial charge in [0.05, 0.1) is 25.2 Å². The van der Waals surface area contributed by atoms with Crippen LogP contribution >= 0.6 is 11.6 Å². The fourth-order valence-corrected chi connectivity index (χ4v) is 4.82. The third-order valence-electron chi connectivity index (χ3n) is 7.47. The van der Waals surface area contributed by atoms with Gasteiger partial charge in [-0.05, 0) is 55.2 Å². The van der Waals surface area contributed by atoms with Gasteiger partial charge in [0.1, 0.15) is 30.4 Å². The van der Waals surface area contributed by atoms with Crippen LogP contribution in [-0.2, 0) is 29.4 Å². The van der Waals surface area contributed by atoms with Crippen LogP contribution in [0.1, 0.15) is 36.9 Å². The molecule has 4 amide bonds. The highest BCUT2D eigenvalue weighted by Gasteiger charge is 2.53. The summed E-state index contributed by atoms with van der Waals surface area (Å²) >= 11 is 6.06. The van der Waals surface area contributed by atoms with Crippen LogP contribution in [0.2, 0.25) is 5.02 Å². The second-order valence-corrected chi connectivity index (χ2v) is 11.4. The number of nitrogens with one attached hydrogen (secondary N) is 4. The summed E-state index contributed by atoms with van der Waals surface area (Å²) in [6, 6.07) is 5.70. The summed E-state index contributed by atoms with van der Waals surface area (Å²) < 4.78 is 71.7. The third kappa shape index (κ3) is 9.17. The van der Waals surface area contributed by atoms with Crippen molar-refractivity contribution < 1.29 is 60.9 Å². The Morgan fingerprint density at radius 3 is 2.08 bits per heavy atom. The quantitative estimate of drug-likeness (QED) is 0.119. The van der Waals surface area contributed by atoms with Crippen molar-refractivity contribution in [2.24, 2.45) is 0 Å². The minimum atomic E-state index is -5.13. The van der Waals surface area contributed by atoms with Crippen LogP contribution in [-0.4, -0.2) is 90.2 Å². The minimum Gasteiger partial charge on any atom is -0.497 e. The molecule has 6 N–H and O–H groups in total. The van der Waals surface area contributed by atoms with Crippen molar-refractivity contribution in [1.82, 2.24) is 21.3 Å². The minimum absolute atomic E-state index is 0.0336. The van der Waals surface area contributed by atoms with E-state index in [1.807, 2.05) is 5.32 Å². The predicted molar refractivity (Wildman–Crippen MR) is 158 cm³/mol. The molecule has 1 aliphatic carbocycles. The van der Waals surface area contributed by atoms with Gasteiger partial charge in [0.2, 0.25) is 23.5 Å². The van der Waals surface area contributed by atoms with Crippen LogP contribution in [0.15, 0.2) is 48.5 Å². The van der Waals surface area contributed by atoms with Crippen molar-refractivity contribution in [3.63, 3.8) is 0 Å². The molecule has 18 heteroatoms. The highest BCUT2D eigenvalue weighted by atomic mass is 35.5. The van der Waals surface area contributed by atoms with Gasteiger partial charge in [0.15, 0.2) is 0 Å². The van der Waals surface area contributed by atoms with Crippen LogP contribution in [0, 0.1) is 0 Å². The largest absolute Gasteiger partial charge is 0.497 e. The Morgan fingerprint density at radius 1 is 0.958 bits per heavy atom. The molecule has 0 bridgehead atoms. The maximum absolute atomic E-state index is 14.6. The lowest BCUT2D eigenvalue weighted by Gasteiger charge is -2.28. The van der Waals surface area contributed by atoms with Crippen molar-refractivity contribution in [3.8, 4) is 5.75 Å². The SMILES string of the molecule is COc1ccc([C@H](NC(=O)[C@H](CO)NC(=O)C2(c3cccc(Cl)c3)CC2)C(=O)N[C@H](C(=O)C(F)(F)C(=O)NCC(F)(F)F)[C@@H](C)O)cc1. The number of aliphatic hydroxyl groups is 2. The number of methoxy groups -OCH3 is 1. The van der Waals surface area contributed by atoms with E-state index in [4.69, 9.17) is 16.3 Å². The maximum Gasteiger partial charge on any atom is 0.405 e. The lowest BCUT2D eigenvalue weighted by molar-refractivity contribution is -0.166. The molecule has 0 radical (unpaired) electrons. The molecule has 1 saturated carbocycles. The lowest BCUT2D eigenvalue weighted by Crippen LogP contribution is -2.60. The first-order chi connectivity index (χ1) is 22.4. The smallest absolute Gasteiger partial charge is 0.405 e. The van der Waals surface area contributed by atoms with Gasteiger partial charge in [-0.15, -0.1) is 0 Å². The Kier molecular flexibility index (Phi) is 12.1. The number of hydrogen-bond donors (Lipinski definition) is 6. The highest BCUT2D eigenvalue weighted by molar-refractivity contribution is 6.30. The zero-order chi connectivity index (χ0) is 36.0. The van der Waals surface area contributed by atoms with Crippen LogP contribution in [0.25, 0.3) is 0 Å². The molecule has 0 spiro atoms. The third-order valence-corrected chi connectivity index (χ3v) is 7.71. The molecule has 2 aromatic carbocycles. The average Bonchev–Trinajstić information content (AvgIpc) is 3.85. The number of rotatable bonds is 15. The summed E-state index contributed by atoms with van der Waals surface area (Å²) in [6.45, 7) is -2.35. The summed E-state index contributed by atoms with van der Waals surface area (Å²) in [5, 5.41) is 27.8. The first kappa shape index (κ1) is 38.1. The number of Topliss-reactive ketones (excluding diaryl/α,β-unsaturated/α-hetero) is 1. The molecule has 0 heterocycles. The highest BCUT2D eigenvalue weighted by Crippen LogP contribution is 2.49. The summed E-state index contributed by atoms with van der Waals surface area (Å²) in [6.07, 6.45) is -6.38.